The third-order valence-corrected chi connectivity index (χ3v) is 1.92. The molecule has 0 aromatic carbocycles. The summed E-state index contributed by atoms with van der Waals surface area (Å²) in [5.41, 5.74) is 0. The molecule has 1 unspecified atom stereocenters. The molecular formula is C10H20. The van der Waals surface area contributed by atoms with Crippen molar-refractivity contribution < 1.29 is 0 Å². The highest BCUT2D eigenvalue weighted by molar-refractivity contribution is 4.84. The molecule has 0 nitrogen and oxygen atoms in total. The van der Waals surface area contributed by atoms with E-state index in [2.05, 4.69) is 32.9 Å². The molecule has 0 aliphatic carbocycles. The van der Waals surface area contributed by atoms with Gasteiger partial charge in [-0.3, -0.25) is 0 Å². The lowest BCUT2D eigenvalue weighted by molar-refractivity contribution is 0.540. The highest BCUT2D eigenvalue weighted by Gasteiger charge is 1.98. The van der Waals surface area contributed by atoms with Crippen molar-refractivity contribution in [2.24, 2.45) is 5.92 Å². The molecule has 0 rings (SSSR count). The van der Waals surface area contributed by atoms with Crippen LogP contribution in [0.4, 0.5) is 0 Å². The summed E-state index contributed by atoms with van der Waals surface area (Å²) in [6, 6.07) is 0. The molecule has 0 heterocycles. The van der Waals surface area contributed by atoms with Gasteiger partial charge in [-0.05, 0) is 25.7 Å². The molecule has 0 aromatic heterocycles. The van der Waals surface area contributed by atoms with Crippen molar-refractivity contribution in [1.29, 1.82) is 0 Å². The predicted molar refractivity (Wildman–Crippen MR) is 48.1 cm³/mol. The van der Waals surface area contributed by atoms with Crippen LogP contribution in [0, 0.1) is 5.92 Å². The van der Waals surface area contributed by atoms with Gasteiger partial charge in [0.25, 0.3) is 0 Å². The fourth-order valence-corrected chi connectivity index (χ4v) is 1.17. The minimum absolute atomic E-state index is 0.838. The first-order valence-corrected chi connectivity index (χ1v) is 4.47. The Labute approximate surface area is 65.3 Å². The fourth-order valence-electron chi connectivity index (χ4n) is 1.17. The molecule has 0 N–H and O–H groups in total. The van der Waals surface area contributed by atoms with Gasteiger partial charge in [0.1, 0.15) is 0 Å². The Morgan fingerprint density at radius 1 is 1.30 bits per heavy atom. The average molecular weight is 140 g/mol. The van der Waals surface area contributed by atoms with Crippen molar-refractivity contribution >= 4 is 0 Å². The molecule has 0 amide bonds. The van der Waals surface area contributed by atoms with Gasteiger partial charge in [-0.15, -0.1) is 0 Å². The van der Waals surface area contributed by atoms with Crippen molar-refractivity contribution in [2.45, 2.75) is 46.5 Å². The van der Waals surface area contributed by atoms with Gasteiger partial charge >= 0.3 is 0 Å². The second-order valence-electron chi connectivity index (χ2n) is 2.84. The van der Waals surface area contributed by atoms with E-state index in [9.17, 15) is 0 Å². The van der Waals surface area contributed by atoms with Crippen molar-refractivity contribution in [3.63, 3.8) is 0 Å². The summed E-state index contributed by atoms with van der Waals surface area (Å²) in [5.74, 6) is 0.838. The van der Waals surface area contributed by atoms with E-state index in [1.165, 1.54) is 25.7 Å². The monoisotopic (exact) mass is 140 g/mol. The molecule has 1 atom stereocenters. The third-order valence-electron chi connectivity index (χ3n) is 1.92. The lowest BCUT2D eigenvalue weighted by Gasteiger charge is -2.07. The number of hydrogen-bond donors (Lipinski definition) is 0. The van der Waals surface area contributed by atoms with Gasteiger partial charge in [0.2, 0.25) is 0 Å². The second-order valence-corrected chi connectivity index (χ2v) is 2.84. The topological polar surface area (TPSA) is 0 Å². The van der Waals surface area contributed by atoms with E-state index in [-0.39, 0.29) is 0 Å². The predicted octanol–water partition coefficient (Wildman–Crippen LogP) is 3.78. The zero-order valence-electron chi connectivity index (χ0n) is 7.56. The van der Waals surface area contributed by atoms with Gasteiger partial charge < -0.3 is 0 Å². The average Bonchev–Trinajstić information content (AvgIpc) is 1.98. The van der Waals surface area contributed by atoms with Crippen molar-refractivity contribution in [3.05, 3.63) is 12.2 Å². The van der Waals surface area contributed by atoms with E-state index in [4.69, 9.17) is 0 Å². The van der Waals surface area contributed by atoms with Crippen molar-refractivity contribution in [1.82, 2.24) is 0 Å². The molecule has 0 spiro atoms. The van der Waals surface area contributed by atoms with E-state index < -0.39 is 0 Å². The largest absolute Gasteiger partial charge is 0.0914 e. The van der Waals surface area contributed by atoms with Crippen LogP contribution in [-0.2, 0) is 0 Å². The Morgan fingerprint density at radius 3 is 2.40 bits per heavy atom. The number of hydrogen-bond acceptors (Lipinski definition) is 0. The Balaban J connectivity index is 3.39. The van der Waals surface area contributed by atoms with Gasteiger partial charge in [0.15, 0.2) is 0 Å². The molecule has 60 valence electrons. The highest BCUT2D eigenvalue weighted by atomic mass is 14.0. The zero-order valence-corrected chi connectivity index (χ0v) is 7.56. The SMILES string of the molecule is CC=CC(CC)CCCC. The molecule has 0 bridgehead atoms. The first-order valence-electron chi connectivity index (χ1n) is 4.47. The van der Waals surface area contributed by atoms with Crippen LogP contribution in [0.15, 0.2) is 12.2 Å². The molecule has 0 saturated carbocycles. The smallest absolute Gasteiger partial charge is 0.0236 e. The van der Waals surface area contributed by atoms with Gasteiger partial charge in [-0.25, -0.2) is 0 Å². The third kappa shape index (κ3) is 4.60. The molecule has 0 aliphatic rings. The molecule has 0 saturated heterocycles. The van der Waals surface area contributed by atoms with Crippen molar-refractivity contribution in [2.75, 3.05) is 0 Å². The molecule has 0 fully saturated rings. The highest BCUT2D eigenvalue weighted by Crippen LogP contribution is 2.13. The minimum Gasteiger partial charge on any atom is -0.0914 e. The summed E-state index contributed by atoms with van der Waals surface area (Å²) < 4.78 is 0. The lowest BCUT2D eigenvalue weighted by Crippen LogP contribution is -1.92. The summed E-state index contributed by atoms with van der Waals surface area (Å²) in [4.78, 5) is 0. The van der Waals surface area contributed by atoms with Crippen LogP contribution in [0.3, 0.4) is 0 Å². The summed E-state index contributed by atoms with van der Waals surface area (Å²) >= 11 is 0. The van der Waals surface area contributed by atoms with E-state index in [0.29, 0.717) is 0 Å². The Kier molecular flexibility index (Phi) is 6.68. The maximum Gasteiger partial charge on any atom is -0.0236 e. The number of unbranched alkanes of at least 4 members (excludes halogenated alkanes) is 1. The number of allylic oxidation sites excluding steroid dienone is 2. The molecule has 0 aliphatic heterocycles. The van der Waals surface area contributed by atoms with Crippen LogP contribution in [0.25, 0.3) is 0 Å². The first-order chi connectivity index (χ1) is 4.85. The van der Waals surface area contributed by atoms with E-state index in [0.717, 1.165) is 5.92 Å². The van der Waals surface area contributed by atoms with Crippen LogP contribution < -0.4 is 0 Å². The standard InChI is InChI=1S/C10H20/c1-4-7-9-10(6-3)8-5-2/h5,8,10H,4,6-7,9H2,1-3H3. The van der Waals surface area contributed by atoms with Gasteiger partial charge in [0, 0.05) is 0 Å². The fraction of sp³-hybridized carbons (Fsp3) is 0.800. The Morgan fingerprint density at radius 2 is 2.00 bits per heavy atom. The molecule has 0 radical (unpaired) electrons. The van der Waals surface area contributed by atoms with Gasteiger partial charge in [-0.2, -0.15) is 0 Å². The summed E-state index contributed by atoms with van der Waals surface area (Å²) in [6.45, 7) is 6.62. The zero-order chi connectivity index (χ0) is 7.82. The van der Waals surface area contributed by atoms with E-state index >= 15 is 0 Å². The molecular weight excluding hydrogens is 120 g/mol. The Bertz CT molecular complexity index is 82.0. The van der Waals surface area contributed by atoms with Crippen LogP contribution in [-0.4, -0.2) is 0 Å². The lowest BCUT2D eigenvalue weighted by atomic mass is 9.99. The van der Waals surface area contributed by atoms with E-state index in [1.54, 1.807) is 0 Å². The van der Waals surface area contributed by atoms with Gasteiger partial charge in [-0.1, -0.05) is 38.8 Å². The van der Waals surface area contributed by atoms with Crippen LogP contribution in [0.5, 0.6) is 0 Å². The van der Waals surface area contributed by atoms with Crippen LogP contribution in [0.1, 0.15) is 46.5 Å². The summed E-state index contributed by atoms with van der Waals surface area (Å²) in [6.07, 6.45) is 9.87. The normalized spacial score (nSPS) is 14.3. The van der Waals surface area contributed by atoms with Crippen LogP contribution in [0.2, 0.25) is 0 Å². The van der Waals surface area contributed by atoms with Crippen LogP contribution >= 0.6 is 0 Å². The molecule has 10 heavy (non-hydrogen) atoms. The summed E-state index contributed by atoms with van der Waals surface area (Å²) in [7, 11) is 0. The minimum atomic E-state index is 0.838. The Hall–Kier alpha value is -0.260. The van der Waals surface area contributed by atoms with Crippen molar-refractivity contribution in [3.8, 4) is 0 Å². The molecule has 0 heteroatoms. The first kappa shape index (κ1) is 9.74. The molecule has 0 aromatic rings. The second kappa shape index (κ2) is 6.85. The maximum absolute atomic E-state index is 2.33. The summed E-state index contributed by atoms with van der Waals surface area (Å²) in [5, 5.41) is 0. The van der Waals surface area contributed by atoms with Gasteiger partial charge in [0.05, 0.1) is 0 Å². The number of rotatable bonds is 5. The quantitative estimate of drug-likeness (QED) is 0.510. The van der Waals surface area contributed by atoms with E-state index in [1.807, 2.05) is 0 Å². The maximum atomic E-state index is 2.33.